The summed E-state index contributed by atoms with van der Waals surface area (Å²) in [6.07, 6.45) is 16.3. The van der Waals surface area contributed by atoms with E-state index in [0.29, 0.717) is 55.6 Å². The predicted molar refractivity (Wildman–Crippen MR) is 536 cm³/mol. The molecule has 4 aromatic heterocycles. The van der Waals surface area contributed by atoms with Crippen LogP contribution in [0.15, 0.2) is 228 Å². The van der Waals surface area contributed by atoms with E-state index in [-0.39, 0.29) is 90.6 Å². The molecule has 0 radical (unpaired) electrons. The third kappa shape index (κ3) is 26.9. The molecule has 4 aliphatic rings. The largest absolute Gasteiger partial charge is 0.357 e. The van der Waals surface area contributed by atoms with Crippen LogP contribution < -0.4 is 42.5 Å². The highest BCUT2D eigenvalue weighted by molar-refractivity contribution is 9.10. The lowest BCUT2D eigenvalue weighted by Crippen LogP contribution is -2.35. The fourth-order valence-electron chi connectivity index (χ4n) is 15.3. The standard InChI is InChI=1S/C26H25BrFN5O2.C26H25ClFN5O2.C25H23BrFN5O2.C25H23ClFN5O2/c2*1-16-5-9-22(20(13-16)26(35)32-23-10-7-18(27)15-30-23)31-25(34)19-8-6-17(14-21(19)28)24(29)33-11-3-2-4-12-33;2*1-15-4-8-21(19(12-15)25(34)31-22-9-6-17(26)14-29-22)30-24(33)18-7-5-16(13-20(18)27)23(28)32-10-2-3-11-32/h2*5-10,13-15,29H,2-4,11-12H2,1H3,(H,31,34)(H,30,32,35);2*4-9,12-14,28H,2-3,10-11H2,1H3,(H,30,33)(H,29,31,34). The van der Waals surface area contributed by atoms with Gasteiger partial charge in [0.1, 0.15) is 69.9 Å². The van der Waals surface area contributed by atoms with E-state index in [4.69, 9.17) is 44.8 Å². The molecule has 16 rings (SSSR count). The summed E-state index contributed by atoms with van der Waals surface area (Å²) in [6.45, 7) is 13.5. The molecule has 4 fully saturated rings. The summed E-state index contributed by atoms with van der Waals surface area (Å²) in [5, 5.41) is 55.5. The Morgan fingerprint density at radius 1 is 0.268 bits per heavy atom. The number of hydrogen-bond donors (Lipinski definition) is 12. The number of aryl methyl sites for hydroxylation is 4. The second-order valence-electron chi connectivity index (χ2n) is 32.9. The quantitative estimate of drug-likeness (QED) is 0.0192. The van der Waals surface area contributed by atoms with Gasteiger partial charge in [0.25, 0.3) is 47.3 Å². The summed E-state index contributed by atoms with van der Waals surface area (Å²) in [4.78, 5) is 127. The van der Waals surface area contributed by atoms with Gasteiger partial charge in [0.15, 0.2) is 0 Å². The Morgan fingerprint density at radius 2 is 0.478 bits per heavy atom. The van der Waals surface area contributed by atoms with Gasteiger partial charge in [-0.05, 0) is 269 Å². The van der Waals surface area contributed by atoms with Crippen molar-refractivity contribution < 1.29 is 55.9 Å². The van der Waals surface area contributed by atoms with E-state index < -0.39 is 70.5 Å². The number of halogens is 8. The molecule has 0 spiro atoms. The van der Waals surface area contributed by atoms with Crippen LogP contribution in [0, 0.1) is 72.6 Å². The highest BCUT2D eigenvalue weighted by atomic mass is 79.9. The Morgan fingerprint density at radius 3 is 0.681 bits per heavy atom. The summed E-state index contributed by atoms with van der Waals surface area (Å²) in [5.74, 6) is -5.22. The molecule has 8 amide bonds. The van der Waals surface area contributed by atoms with E-state index in [1.54, 1.807) is 158 Å². The summed E-state index contributed by atoms with van der Waals surface area (Å²) in [5.41, 5.74) is 6.11. The summed E-state index contributed by atoms with van der Waals surface area (Å²) < 4.78 is 61.0. The molecule has 12 aromatic rings. The van der Waals surface area contributed by atoms with Crippen molar-refractivity contribution in [2.24, 2.45) is 0 Å². The van der Waals surface area contributed by atoms with Crippen LogP contribution in [0.25, 0.3) is 0 Å². The fraction of sp³-hybridized carbons (Fsp3) is 0.216. The smallest absolute Gasteiger partial charge is 0.258 e. The first-order chi connectivity index (χ1) is 66.3. The van der Waals surface area contributed by atoms with Crippen molar-refractivity contribution in [3.8, 4) is 0 Å². The molecule has 28 nitrogen and oxygen atoms in total. The second-order valence-corrected chi connectivity index (χ2v) is 35.6. The molecule has 0 bridgehead atoms. The average molecular weight is 2040 g/mol. The van der Waals surface area contributed by atoms with Crippen molar-refractivity contribution in [1.82, 2.24) is 39.5 Å². The van der Waals surface area contributed by atoms with Crippen molar-refractivity contribution in [3.05, 3.63) is 350 Å². The zero-order valence-corrected chi connectivity index (χ0v) is 80.1. The molecule has 0 unspecified atom stereocenters. The Hall–Kier alpha value is -14.7. The lowest BCUT2D eigenvalue weighted by molar-refractivity contribution is 0.100. The van der Waals surface area contributed by atoms with E-state index in [1.807, 2.05) is 47.3 Å². The number of likely N-dealkylation sites (tertiary alicyclic amines) is 4. The van der Waals surface area contributed by atoms with Crippen LogP contribution in [0.1, 0.15) is 192 Å². The first-order valence-corrected chi connectivity index (χ1v) is 46.5. The third-order valence-corrected chi connectivity index (χ3v) is 24.1. The van der Waals surface area contributed by atoms with Crippen molar-refractivity contribution in [1.29, 1.82) is 21.6 Å². The molecule has 138 heavy (non-hydrogen) atoms. The average Bonchev–Trinajstić information content (AvgIpc) is 0.981. The van der Waals surface area contributed by atoms with Gasteiger partial charge in [-0.3, -0.25) is 60.0 Å². The third-order valence-electron chi connectivity index (χ3n) is 22.7. The number of carbonyl (C=O) groups is 8. The van der Waals surface area contributed by atoms with Gasteiger partial charge < -0.3 is 62.1 Å². The van der Waals surface area contributed by atoms with E-state index in [9.17, 15) is 55.9 Å². The van der Waals surface area contributed by atoms with Crippen LogP contribution in [0.2, 0.25) is 10.0 Å². The Balaban J connectivity index is 0.000000155. The number of rotatable bonds is 20. The molecule has 0 atom stereocenters. The lowest BCUT2D eigenvalue weighted by atomic mass is 10.1. The Kier molecular flexibility index (Phi) is 34.4. The number of nitrogens with one attached hydrogen (secondary N) is 12. The number of amides is 8. The SMILES string of the molecule is Cc1ccc(NC(=O)c2ccc(C(=N)N3CCCC3)cc2F)c(C(=O)Nc2ccc(Br)cn2)c1.Cc1ccc(NC(=O)c2ccc(C(=N)N3CCCC3)cc2F)c(C(=O)Nc2ccc(Cl)cn2)c1.Cc1ccc(NC(=O)c2ccc(C(=N)N3CCCCC3)cc2F)c(C(=O)Nc2ccc(Br)cn2)c1.Cc1ccc(NC(=O)c2ccc(C(=N)N3CCCCC3)cc2F)c(C(=O)Nc2ccc(Cl)cn2)c1. The summed E-state index contributed by atoms with van der Waals surface area (Å²) >= 11 is 18.3. The first-order valence-electron chi connectivity index (χ1n) is 44.2. The molecule has 4 aliphatic heterocycles. The number of benzene rings is 8. The van der Waals surface area contributed by atoms with Gasteiger partial charge in [-0.1, -0.05) is 94.0 Å². The van der Waals surface area contributed by atoms with Crippen LogP contribution in [0.5, 0.6) is 0 Å². The minimum absolute atomic E-state index is 0.165. The van der Waals surface area contributed by atoms with Crippen LogP contribution in [0.3, 0.4) is 0 Å². The van der Waals surface area contributed by atoms with Crippen molar-refractivity contribution in [2.45, 2.75) is 91.9 Å². The summed E-state index contributed by atoms with van der Waals surface area (Å²) in [7, 11) is 0. The van der Waals surface area contributed by atoms with Crippen LogP contribution in [-0.2, 0) is 0 Å². The maximum atomic E-state index is 14.9. The second kappa shape index (κ2) is 47.2. The number of carbonyl (C=O) groups excluding carboxylic acids is 8. The minimum Gasteiger partial charge on any atom is -0.357 e. The Labute approximate surface area is 820 Å². The molecule has 36 heteroatoms. The van der Waals surface area contributed by atoms with Gasteiger partial charge in [0, 0.05) is 108 Å². The molecular weight excluding hydrogens is 1940 g/mol. The molecule has 708 valence electrons. The van der Waals surface area contributed by atoms with Gasteiger partial charge in [-0.2, -0.15) is 0 Å². The first kappa shape index (κ1) is 101. The maximum absolute atomic E-state index is 14.9. The van der Waals surface area contributed by atoms with E-state index >= 15 is 0 Å². The molecule has 12 N–H and O–H groups in total. The molecular formula is C102H96Br2Cl2F4N20O8. The van der Waals surface area contributed by atoms with E-state index in [0.717, 1.165) is 148 Å². The van der Waals surface area contributed by atoms with Crippen LogP contribution >= 0.6 is 55.1 Å². The van der Waals surface area contributed by atoms with Crippen molar-refractivity contribution in [2.75, 3.05) is 94.9 Å². The minimum atomic E-state index is -0.734. The van der Waals surface area contributed by atoms with Crippen LogP contribution in [-0.4, -0.2) is 162 Å². The highest BCUT2D eigenvalue weighted by Gasteiger charge is 2.29. The zero-order valence-electron chi connectivity index (χ0n) is 75.4. The summed E-state index contributed by atoms with van der Waals surface area (Å²) in [6, 6.07) is 49.6. The van der Waals surface area contributed by atoms with E-state index in [2.05, 4.69) is 94.3 Å². The molecule has 4 saturated heterocycles. The molecule has 0 saturated carbocycles. The fourth-order valence-corrected chi connectivity index (χ4v) is 16.0. The number of anilines is 8. The van der Waals surface area contributed by atoms with Gasteiger partial charge in [-0.15, -0.1) is 0 Å². The molecule has 8 aromatic carbocycles. The number of pyridine rings is 4. The number of piperidine rings is 2. The molecule has 8 heterocycles. The number of nitrogens with zero attached hydrogens (tertiary/aromatic N) is 8. The predicted octanol–water partition coefficient (Wildman–Crippen LogP) is 21.4. The van der Waals surface area contributed by atoms with Gasteiger partial charge in [0.2, 0.25) is 0 Å². The maximum Gasteiger partial charge on any atom is 0.258 e. The normalized spacial score (nSPS) is 13.1. The van der Waals surface area contributed by atoms with Gasteiger partial charge in [0.05, 0.1) is 77.3 Å². The van der Waals surface area contributed by atoms with Crippen molar-refractivity contribution >= 4 is 172 Å². The lowest BCUT2D eigenvalue weighted by Gasteiger charge is -2.29. The monoisotopic (exact) mass is 2030 g/mol. The van der Waals surface area contributed by atoms with Gasteiger partial charge >= 0.3 is 0 Å². The van der Waals surface area contributed by atoms with E-state index in [1.165, 1.54) is 60.9 Å². The highest BCUT2D eigenvalue weighted by Crippen LogP contribution is 2.31. The number of hydrogen-bond acceptors (Lipinski definition) is 16. The zero-order chi connectivity index (χ0) is 98.4. The van der Waals surface area contributed by atoms with Crippen molar-refractivity contribution in [3.63, 3.8) is 0 Å². The molecule has 0 aliphatic carbocycles. The number of aromatic nitrogens is 4. The van der Waals surface area contributed by atoms with Gasteiger partial charge in [-0.25, -0.2) is 37.5 Å². The Bertz CT molecular complexity index is 6250. The number of amidine groups is 4. The topological polar surface area (TPSA) is 393 Å². The van der Waals surface area contributed by atoms with Crippen LogP contribution in [0.4, 0.5) is 63.6 Å².